The minimum atomic E-state index is 0.653. The Morgan fingerprint density at radius 2 is 0.872 bits per heavy atom. The summed E-state index contributed by atoms with van der Waals surface area (Å²) in [5.74, 6) is 1.97. The zero-order valence-corrected chi connectivity index (χ0v) is 26.2. The van der Waals surface area contributed by atoms with Crippen LogP contribution in [0.15, 0.2) is 164 Å². The molecule has 9 aromatic rings. The molecule has 0 aliphatic carbocycles. The van der Waals surface area contributed by atoms with Gasteiger partial charge in [-0.2, -0.15) is 0 Å². The van der Waals surface area contributed by atoms with Gasteiger partial charge >= 0.3 is 0 Å². The van der Waals surface area contributed by atoms with Gasteiger partial charge in [-0.1, -0.05) is 140 Å². The first-order valence-electron chi connectivity index (χ1n) is 15.7. The van der Waals surface area contributed by atoms with Crippen molar-refractivity contribution in [1.82, 2.24) is 15.0 Å². The molecule has 0 aliphatic heterocycles. The van der Waals surface area contributed by atoms with Gasteiger partial charge < -0.3 is 0 Å². The topological polar surface area (TPSA) is 38.7 Å². The maximum Gasteiger partial charge on any atom is 0.164 e. The summed E-state index contributed by atoms with van der Waals surface area (Å²) in [4.78, 5) is 14.7. The van der Waals surface area contributed by atoms with E-state index >= 15 is 0 Å². The molecule has 0 saturated heterocycles. The number of rotatable bonds is 5. The number of nitrogens with zero attached hydrogens (tertiary/aromatic N) is 3. The zero-order valence-electron chi connectivity index (χ0n) is 25.3. The highest BCUT2D eigenvalue weighted by Crippen LogP contribution is 2.43. The van der Waals surface area contributed by atoms with Crippen LogP contribution < -0.4 is 0 Å². The third-order valence-corrected chi connectivity index (χ3v) is 9.83. The van der Waals surface area contributed by atoms with Gasteiger partial charge in [-0.3, -0.25) is 0 Å². The van der Waals surface area contributed by atoms with Crippen LogP contribution in [-0.2, 0) is 0 Å². The summed E-state index contributed by atoms with van der Waals surface area (Å²) < 4.78 is 2.58. The van der Waals surface area contributed by atoms with E-state index in [9.17, 15) is 0 Å². The fraction of sp³-hybridized carbons (Fsp3) is 0. The highest BCUT2D eigenvalue weighted by molar-refractivity contribution is 7.26. The average Bonchev–Trinajstić information content (AvgIpc) is 3.53. The fourth-order valence-electron chi connectivity index (χ4n) is 6.35. The molecular formula is C43H27N3S. The predicted octanol–water partition coefficient (Wildman–Crippen LogP) is 11.7. The SMILES string of the molecule is c1ccc(-c2nc(-c3ccccc3)nc(-c3ccc(-c4cc(-c5ccc6ccccc6c5)cc5sc6ccccc6c45)cc3)n2)cc1. The molecule has 0 N–H and O–H groups in total. The third kappa shape index (κ3) is 5.05. The second kappa shape index (κ2) is 11.4. The molecule has 9 rings (SSSR count). The molecule has 47 heavy (non-hydrogen) atoms. The predicted molar refractivity (Wildman–Crippen MR) is 197 cm³/mol. The number of thiophene rings is 1. The summed E-state index contributed by atoms with van der Waals surface area (Å²) in [5, 5.41) is 5.07. The first-order chi connectivity index (χ1) is 23.3. The lowest BCUT2D eigenvalue weighted by Crippen LogP contribution is -2.00. The molecule has 0 unspecified atom stereocenters. The van der Waals surface area contributed by atoms with Crippen molar-refractivity contribution in [2.45, 2.75) is 0 Å². The van der Waals surface area contributed by atoms with Gasteiger partial charge in [0.25, 0.3) is 0 Å². The lowest BCUT2D eigenvalue weighted by Gasteiger charge is -2.12. The third-order valence-electron chi connectivity index (χ3n) is 8.71. The number of hydrogen-bond acceptors (Lipinski definition) is 4. The Labute approximate surface area is 276 Å². The van der Waals surface area contributed by atoms with Crippen LogP contribution in [0.4, 0.5) is 0 Å². The molecule has 0 aliphatic rings. The van der Waals surface area contributed by atoms with E-state index in [0.29, 0.717) is 17.5 Å². The van der Waals surface area contributed by atoms with Crippen molar-refractivity contribution in [3.8, 4) is 56.4 Å². The fourth-order valence-corrected chi connectivity index (χ4v) is 7.53. The molecule has 0 radical (unpaired) electrons. The summed E-state index contributed by atoms with van der Waals surface area (Å²) in [7, 11) is 0. The van der Waals surface area contributed by atoms with Gasteiger partial charge in [0.15, 0.2) is 17.5 Å². The monoisotopic (exact) mass is 617 g/mol. The van der Waals surface area contributed by atoms with Crippen molar-refractivity contribution < 1.29 is 0 Å². The van der Waals surface area contributed by atoms with Gasteiger partial charge in [-0.25, -0.2) is 15.0 Å². The molecular weight excluding hydrogens is 591 g/mol. The van der Waals surface area contributed by atoms with E-state index in [0.717, 1.165) is 22.3 Å². The van der Waals surface area contributed by atoms with E-state index in [1.165, 1.54) is 47.6 Å². The van der Waals surface area contributed by atoms with Crippen molar-refractivity contribution in [3.63, 3.8) is 0 Å². The van der Waals surface area contributed by atoms with E-state index in [1.807, 2.05) is 72.0 Å². The molecule has 0 atom stereocenters. The molecule has 0 spiro atoms. The molecule has 3 nitrogen and oxygen atoms in total. The molecule has 220 valence electrons. The van der Waals surface area contributed by atoms with Crippen molar-refractivity contribution in [2.24, 2.45) is 0 Å². The Morgan fingerprint density at radius 1 is 0.340 bits per heavy atom. The van der Waals surface area contributed by atoms with Crippen LogP contribution in [0.3, 0.4) is 0 Å². The maximum absolute atomic E-state index is 4.94. The minimum absolute atomic E-state index is 0.653. The van der Waals surface area contributed by atoms with Gasteiger partial charge in [0.1, 0.15) is 0 Å². The lowest BCUT2D eigenvalue weighted by atomic mass is 9.93. The van der Waals surface area contributed by atoms with Crippen molar-refractivity contribution in [3.05, 3.63) is 164 Å². The molecule has 0 fully saturated rings. The van der Waals surface area contributed by atoms with E-state index in [-0.39, 0.29) is 0 Å². The Balaban J connectivity index is 1.19. The Bertz CT molecular complexity index is 2500. The van der Waals surface area contributed by atoms with Crippen molar-refractivity contribution in [2.75, 3.05) is 0 Å². The zero-order chi connectivity index (χ0) is 31.2. The summed E-state index contributed by atoms with van der Waals surface area (Å²) in [5.41, 5.74) is 7.68. The smallest absolute Gasteiger partial charge is 0.164 e. The second-order valence-corrected chi connectivity index (χ2v) is 12.8. The first kappa shape index (κ1) is 27.3. The summed E-state index contributed by atoms with van der Waals surface area (Å²) in [6, 6.07) is 57.6. The van der Waals surface area contributed by atoms with Gasteiger partial charge in [-0.15, -0.1) is 11.3 Å². The average molecular weight is 618 g/mol. The van der Waals surface area contributed by atoms with Crippen LogP contribution in [0.5, 0.6) is 0 Å². The standard InChI is InChI=1S/C43H27N3S/c1-3-12-30(13-4-1)41-44-42(31-14-5-2-6-15-31)46-43(45-41)32-22-20-29(21-23-32)37-26-35(34-24-19-28-11-7-8-16-33(28)25-34)27-39-40(37)36-17-9-10-18-38(36)47-39/h1-27H. The lowest BCUT2D eigenvalue weighted by molar-refractivity contribution is 1.07. The minimum Gasteiger partial charge on any atom is -0.208 e. The number of aromatic nitrogens is 3. The summed E-state index contributed by atoms with van der Waals surface area (Å²) in [6.07, 6.45) is 0. The molecule has 0 saturated carbocycles. The molecule has 4 heteroatoms. The molecule has 7 aromatic carbocycles. The number of hydrogen-bond donors (Lipinski definition) is 0. The van der Waals surface area contributed by atoms with Crippen LogP contribution in [-0.4, -0.2) is 15.0 Å². The van der Waals surface area contributed by atoms with Crippen LogP contribution in [0.2, 0.25) is 0 Å². The van der Waals surface area contributed by atoms with Crippen LogP contribution in [0.25, 0.3) is 87.4 Å². The Hall–Kier alpha value is -5.97. The number of fused-ring (bicyclic) bond motifs is 4. The van der Waals surface area contributed by atoms with Gasteiger partial charge in [0.05, 0.1) is 0 Å². The number of benzene rings is 7. The van der Waals surface area contributed by atoms with Gasteiger partial charge in [-0.05, 0) is 57.3 Å². The van der Waals surface area contributed by atoms with E-state index in [2.05, 4.69) is 103 Å². The summed E-state index contributed by atoms with van der Waals surface area (Å²) >= 11 is 1.86. The van der Waals surface area contributed by atoms with Crippen LogP contribution in [0, 0.1) is 0 Å². The van der Waals surface area contributed by atoms with Crippen LogP contribution in [0.1, 0.15) is 0 Å². The van der Waals surface area contributed by atoms with Gasteiger partial charge in [0, 0.05) is 36.9 Å². The van der Waals surface area contributed by atoms with Crippen molar-refractivity contribution in [1.29, 1.82) is 0 Å². The van der Waals surface area contributed by atoms with E-state index in [1.54, 1.807) is 0 Å². The quantitative estimate of drug-likeness (QED) is 0.193. The maximum atomic E-state index is 4.94. The normalized spacial score (nSPS) is 11.4. The van der Waals surface area contributed by atoms with E-state index < -0.39 is 0 Å². The van der Waals surface area contributed by atoms with Crippen LogP contribution >= 0.6 is 11.3 Å². The molecule has 2 aromatic heterocycles. The molecule has 0 amide bonds. The Morgan fingerprint density at radius 3 is 1.55 bits per heavy atom. The largest absolute Gasteiger partial charge is 0.208 e. The van der Waals surface area contributed by atoms with E-state index in [4.69, 9.17) is 15.0 Å². The Kier molecular flexibility index (Phi) is 6.65. The highest BCUT2D eigenvalue weighted by atomic mass is 32.1. The molecule has 2 heterocycles. The highest BCUT2D eigenvalue weighted by Gasteiger charge is 2.16. The van der Waals surface area contributed by atoms with Gasteiger partial charge in [0.2, 0.25) is 0 Å². The summed E-state index contributed by atoms with van der Waals surface area (Å²) in [6.45, 7) is 0. The first-order valence-corrected chi connectivity index (χ1v) is 16.5. The van der Waals surface area contributed by atoms with Crippen molar-refractivity contribution >= 4 is 42.3 Å². The molecule has 0 bridgehead atoms. The second-order valence-electron chi connectivity index (χ2n) is 11.7.